The van der Waals surface area contributed by atoms with Crippen LogP contribution in [0, 0.1) is 0 Å². The van der Waals surface area contributed by atoms with Crippen LogP contribution in [-0.2, 0) is 24.2 Å². The van der Waals surface area contributed by atoms with Crippen LogP contribution in [0.1, 0.15) is 49.4 Å². The van der Waals surface area contributed by atoms with E-state index in [2.05, 4.69) is 0 Å². The maximum absolute atomic E-state index is 12.2. The molecule has 1 aliphatic rings. The van der Waals surface area contributed by atoms with Crippen molar-refractivity contribution in [3.63, 3.8) is 0 Å². The molecule has 0 saturated heterocycles. The quantitative estimate of drug-likeness (QED) is 0.397. The average molecular weight is 368 g/mol. The third kappa shape index (κ3) is 3.08. The smallest absolute Gasteiger partial charge is 0.348 e. The Kier molecular flexibility index (Phi) is 4.20. The van der Waals surface area contributed by atoms with E-state index < -0.39 is 11.6 Å². The number of thiophene rings is 1. The zero-order chi connectivity index (χ0) is 18.3. The predicted molar refractivity (Wildman–Crippen MR) is 98.0 cm³/mol. The zero-order valence-corrected chi connectivity index (χ0v) is 15.0. The van der Waals surface area contributed by atoms with E-state index in [4.69, 9.17) is 9.15 Å². The van der Waals surface area contributed by atoms with Crippen molar-refractivity contribution in [2.24, 2.45) is 0 Å². The maximum Gasteiger partial charge on any atom is 0.348 e. The number of rotatable bonds is 4. The molecule has 4 rings (SSSR count). The highest BCUT2D eigenvalue weighted by Crippen LogP contribution is 2.29. The number of esters is 1. The summed E-state index contributed by atoms with van der Waals surface area (Å²) in [5.41, 5.74) is 3.16. The standard InChI is InChI=1S/C20H16O5S/c1-11(21)17-5-6-18(26-17)20(23)24-10-14-9-19(22)25-16-8-13-4-2-3-12(13)7-15(14)16/h5-9H,2-4,10H2,1H3. The first-order valence-corrected chi connectivity index (χ1v) is 9.19. The lowest BCUT2D eigenvalue weighted by Gasteiger charge is -2.08. The van der Waals surface area contributed by atoms with Crippen molar-refractivity contribution in [2.75, 3.05) is 0 Å². The van der Waals surface area contributed by atoms with Gasteiger partial charge in [-0.25, -0.2) is 9.59 Å². The fraction of sp³-hybridized carbons (Fsp3) is 0.250. The summed E-state index contributed by atoms with van der Waals surface area (Å²) in [6.07, 6.45) is 3.09. The summed E-state index contributed by atoms with van der Waals surface area (Å²) in [6.45, 7) is 1.43. The van der Waals surface area contributed by atoms with Crippen molar-refractivity contribution in [3.8, 4) is 0 Å². The minimum absolute atomic E-state index is 0.0208. The van der Waals surface area contributed by atoms with Crippen LogP contribution in [0.25, 0.3) is 11.0 Å². The van der Waals surface area contributed by atoms with Crippen LogP contribution in [0.5, 0.6) is 0 Å². The Balaban J connectivity index is 1.61. The fourth-order valence-corrected chi connectivity index (χ4v) is 4.06. The van der Waals surface area contributed by atoms with E-state index in [-0.39, 0.29) is 12.4 Å². The van der Waals surface area contributed by atoms with Gasteiger partial charge in [0.05, 0.1) is 4.88 Å². The molecule has 0 spiro atoms. The lowest BCUT2D eigenvalue weighted by atomic mass is 10.0. The minimum Gasteiger partial charge on any atom is -0.457 e. The first-order chi connectivity index (χ1) is 12.5. The number of fused-ring (bicyclic) bond motifs is 2. The highest BCUT2D eigenvalue weighted by Gasteiger charge is 2.17. The molecule has 2 aromatic heterocycles. The summed E-state index contributed by atoms with van der Waals surface area (Å²) in [4.78, 5) is 36.3. The van der Waals surface area contributed by atoms with Crippen molar-refractivity contribution in [1.82, 2.24) is 0 Å². The molecule has 0 N–H and O–H groups in total. The Morgan fingerprint density at radius 2 is 1.85 bits per heavy atom. The molecule has 6 heteroatoms. The van der Waals surface area contributed by atoms with Crippen molar-refractivity contribution in [1.29, 1.82) is 0 Å². The molecule has 26 heavy (non-hydrogen) atoms. The molecule has 0 saturated carbocycles. The van der Waals surface area contributed by atoms with Crippen molar-refractivity contribution < 1.29 is 18.7 Å². The van der Waals surface area contributed by atoms with Gasteiger partial charge in [-0.3, -0.25) is 4.79 Å². The molecular formula is C20H16O5S. The molecule has 1 aromatic carbocycles. The lowest BCUT2D eigenvalue weighted by Crippen LogP contribution is -2.07. The van der Waals surface area contributed by atoms with Crippen LogP contribution in [0.4, 0.5) is 0 Å². The zero-order valence-electron chi connectivity index (χ0n) is 14.2. The number of benzene rings is 1. The van der Waals surface area contributed by atoms with Crippen LogP contribution < -0.4 is 5.63 Å². The van der Waals surface area contributed by atoms with Crippen LogP contribution in [-0.4, -0.2) is 11.8 Å². The molecule has 2 heterocycles. The molecule has 0 amide bonds. The molecular weight excluding hydrogens is 352 g/mol. The molecule has 0 aliphatic heterocycles. The van der Waals surface area contributed by atoms with Gasteiger partial charge in [-0.05, 0) is 61.6 Å². The SMILES string of the molecule is CC(=O)c1ccc(C(=O)OCc2cc(=O)oc3cc4c(cc23)CCC4)s1. The molecule has 1 aliphatic carbocycles. The molecule has 0 radical (unpaired) electrons. The van der Waals surface area contributed by atoms with Gasteiger partial charge in [-0.15, -0.1) is 11.3 Å². The van der Waals surface area contributed by atoms with E-state index in [0.29, 0.717) is 20.9 Å². The molecule has 0 fully saturated rings. The van der Waals surface area contributed by atoms with E-state index in [1.165, 1.54) is 24.1 Å². The van der Waals surface area contributed by atoms with Crippen molar-refractivity contribution >= 4 is 34.1 Å². The van der Waals surface area contributed by atoms with E-state index in [1.54, 1.807) is 12.1 Å². The first kappa shape index (κ1) is 16.7. The number of hydrogen-bond acceptors (Lipinski definition) is 6. The molecule has 3 aromatic rings. The van der Waals surface area contributed by atoms with E-state index in [1.807, 2.05) is 12.1 Å². The third-order valence-corrected chi connectivity index (χ3v) is 5.72. The van der Waals surface area contributed by atoms with Crippen LogP contribution >= 0.6 is 11.3 Å². The van der Waals surface area contributed by atoms with E-state index in [0.717, 1.165) is 36.0 Å². The summed E-state index contributed by atoms with van der Waals surface area (Å²) < 4.78 is 10.7. The van der Waals surface area contributed by atoms with Crippen LogP contribution in [0.2, 0.25) is 0 Å². The topological polar surface area (TPSA) is 73.6 Å². The third-order valence-electron chi connectivity index (χ3n) is 4.56. The largest absolute Gasteiger partial charge is 0.457 e. The van der Waals surface area contributed by atoms with Crippen molar-refractivity contribution in [3.05, 3.63) is 67.2 Å². The number of carbonyl (C=O) groups excluding carboxylic acids is 2. The van der Waals surface area contributed by atoms with E-state index in [9.17, 15) is 14.4 Å². The van der Waals surface area contributed by atoms with Crippen LogP contribution in [0.15, 0.2) is 39.5 Å². The minimum atomic E-state index is -0.509. The second-order valence-electron chi connectivity index (χ2n) is 6.36. The Hall–Kier alpha value is -2.73. The Morgan fingerprint density at radius 3 is 2.58 bits per heavy atom. The fourth-order valence-electron chi connectivity index (χ4n) is 3.27. The summed E-state index contributed by atoms with van der Waals surface area (Å²) in [5, 5.41) is 0.800. The number of aryl methyl sites for hydroxylation is 2. The molecule has 5 nitrogen and oxygen atoms in total. The summed E-state index contributed by atoms with van der Waals surface area (Å²) >= 11 is 1.10. The van der Waals surface area contributed by atoms with Gasteiger partial charge in [-0.1, -0.05) is 0 Å². The van der Waals surface area contributed by atoms with Gasteiger partial charge in [-0.2, -0.15) is 0 Å². The average Bonchev–Trinajstić information content (AvgIpc) is 3.26. The monoisotopic (exact) mass is 368 g/mol. The van der Waals surface area contributed by atoms with Crippen LogP contribution in [0.3, 0.4) is 0 Å². The van der Waals surface area contributed by atoms with Gasteiger partial charge in [0.1, 0.15) is 17.1 Å². The molecule has 0 bridgehead atoms. The Labute approximate surface area is 153 Å². The summed E-state index contributed by atoms with van der Waals surface area (Å²) in [6, 6.07) is 8.51. The number of ketones is 1. The Morgan fingerprint density at radius 1 is 1.12 bits per heavy atom. The molecule has 0 atom stereocenters. The summed E-state index contributed by atoms with van der Waals surface area (Å²) in [5.74, 6) is -0.598. The second-order valence-corrected chi connectivity index (χ2v) is 7.44. The summed E-state index contributed by atoms with van der Waals surface area (Å²) in [7, 11) is 0. The number of ether oxygens (including phenoxy) is 1. The second kappa shape index (κ2) is 6.53. The normalized spacial score (nSPS) is 13.0. The van der Waals surface area contributed by atoms with Gasteiger partial charge in [0.2, 0.25) is 0 Å². The number of Topliss-reactive ketones (excluding diaryl/α,β-unsaturated/α-hetero) is 1. The Bertz CT molecular complexity index is 1090. The van der Waals surface area contributed by atoms with Gasteiger partial charge < -0.3 is 9.15 Å². The lowest BCUT2D eigenvalue weighted by molar-refractivity contribution is 0.0479. The van der Waals surface area contributed by atoms with Gasteiger partial charge in [0, 0.05) is 17.0 Å². The molecule has 0 unspecified atom stereocenters. The van der Waals surface area contributed by atoms with Gasteiger partial charge in [0.15, 0.2) is 5.78 Å². The maximum atomic E-state index is 12.2. The highest BCUT2D eigenvalue weighted by atomic mass is 32.1. The van der Waals surface area contributed by atoms with Gasteiger partial charge in [0.25, 0.3) is 0 Å². The van der Waals surface area contributed by atoms with Crippen molar-refractivity contribution in [2.45, 2.75) is 32.8 Å². The molecule has 132 valence electrons. The number of carbonyl (C=O) groups is 2. The van der Waals surface area contributed by atoms with E-state index >= 15 is 0 Å². The highest BCUT2D eigenvalue weighted by molar-refractivity contribution is 7.15. The predicted octanol–water partition coefficient (Wildman–Crippen LogP) is 3.90. The number of hydrogen-bond donors (Lipinski definition) is 0. The van der Waals surface area contributed by atoms with Gasteiger partial charge >= 0.3 is 11.6 Å². The first-order valence-electron chi connectivity index (χ1n) is 8.38.